The highest BCUT2D eigenvalue weighted by Crippen LogP contribution is 2.27. The Kier molecular flexibility index (Phi) is 5.44. The quantitative estimate of drug-likeness (QED) is 0.444. The zero-order chi connectivity index (χ0) is 21.9. The van der Waals surface area contributed by atoms with Crippen LogP contribution in [0.3, 0.4) is 0 Å². The topological polar surface area (TPSA) is 70.7 Å². The maximum Gasteiger partial charge on any atom is 0.301 e. The summed E-state index contributed by atoms with van der Waals surface area (Å²) in [6.07, 6.45) is 1.51. The van der Waals surface area contributed by atoms with E-state index >= 15 is 0 Å². The average Bonchev–Trinajstić information content (AvgIpc) is 3.48. The number of rotatable bonds is 5. The van der Waals surface area contributed by atoms with Crippen LogP contribution in [0, 0.1) is 5.92 Å². The van der Waals surface area contributed by atoms with Crippen LogP contribution in [0.1, 0.15) is 5.56 Å². The van der Waals surface area contributed by atoms with Gasteiger partial charge >= 0.3 is 6.01 Å². The molecule has 0 bridgehead atoms. The van der Waals surface area contributed by atoms with Crippen molar-refractivity contribution in [1.82, 2.24) is 4.98 Å². The molecule has 0 saturated heterocycles. The fourth-order valence-electron chi connectivity index (χ4n) is 3.61. The SMILES string of the molecule is O=C(Nc1nc(-c2ccc(Cl)cc2)co1)[C@@H]1CN(c2ccccc2)N=C1c1ccccc1. The molecule has 0 saturated carbocycles. The highest BCUT2D eigenvalue weighted by atomic mass is 35.5. The zero-order valence-corrected chi connectivity index (χ0v) is 17.7. The summed E-state index contributed by atoms with van der Waals surface area (Å²) in [7, 11) is 0. The first-order valence-electron chi connectivity index (χ1n) is 10.2. The molecule has 0 fully saturated rings. The van der Waals surface area contributed by atoms with Crippen molar-refractivity contribution in [2.75, 3.05) is 16.9 Å². The maximum absolute atomic E-state index is 13.2. The molecule has 158 valence electrons. The standard InChI is InChI=1S/C25H19ClN4O2/c26-19-13-11-17(12-14-19)22-16-32-25(27-22)28-24(31)21-15-30(20-9-5-2-6-10-20)29-23(21)18-7-3-1-4-8-18/h1-14,16,21H,15H2,(H,27,28,31)/t21-/m1/s1. The van der Waals surface area contributed by atoms with Crippen molar-refractivity contribution >= 4 is 34.9 Å². The van der Waals surface area contributed by atoms with Gasteiger partial charge in [-0.15, -0.1) is 0 Å². The van der Waals surface area contributed by atoms with Crippen LogP contribution >= 0.6 is 11.6 Å². The summed E-state index contributed by atoms with van der Waals surface area (Å²) in [5, 5.41) is 10.1. The summed E-state index contributed by atoms with van der Waals surface area (Å²) in [5.74, 6) is -0.709. The molecule has 2 heterocycles. The van der Waals surface area contributed by atoms with E-state index in [1.807, 2.05) is 77.8 Å². The molecule has 1 amide bonds. The van der Waals surface area contributed by atoms with Crippen molar-refractivity contribution in [2.24, 2.45) is 11.0 Å². The summed E-state index contributed by atoms with van der Waals surface area (Å²) < 4.78 is 5.50. The number of carbonyl (C=O) groups is 1. The normalized spacial score (nSPS) is 15.5. The van der Waals surface area contributed by atoms with Gasteiger partial charge in [0.25, 0.3) is 0 Å². The second kappa shape index (κ2) is 8.69. The van der Waals surface area contributed by atoms with E-state index in [-0.39, 0.29) is 11.9 Å². The second-order valence-corrected chi connectivity index (χ2v) is 7.79. The number of amides is 1. The van der Waals surface area contributed by atoms with Gasteiger partial charge in [-0.2, -0.15) is 10.1 Å². The Morgan fingerprint density at radius 3 is 2.34 bits per heavy atom. The van der Waals surface area contributed by atoms with Crippen LogP contribution in [0.25, 0.3) is 11.3 Å². The van der Waals surface area contributed by atoms with Gasteiger partial charge in [0.15, 0.2) is 0 Å². The number of aromatic nitrogens is 1. The largest absolute Gasteiger partial charge is 0.431 e. The van der Waals surface area contributed by atoms with Gasteiger partial charge in [-0.1, -0.05) is 72.3 Å². The number of hydrogen-bond acceptors (Lipinski definition) is 5. The van der Waals surface area contributed by atoms with Crippen molar-refractivity contribution in [3.05, 3.63) is 102 Å². The minimum atomic E-state index is -0.483. The number of halogens is 1. The minimum absolute atomic E-state index is 0.144. The third kappa shape index (κ3) is 4.13. The van der Waals surface area contributed by atoms with Crippen LogP contribution in [-0.4, -0.2) is 23.1 Å². The highest BCUT2D eigenvalue weighted by molar-refractivity contribution is 6.30. The molecule has 32 heavy (non-hydrogen) atoms. The summed E-state index contributed by atoms with van der Waals surface area (Å²) in [6, 6.07) is 26.9. The van der Waals surface area contributed by atoms with Gasteiger partial charge in [-0.3, -0.25) is 15.1 Å². The Morgan fingerprint density at radius 1 is 0.938 bits per heavy atom. The molecule has 5 rings (SSSR count). The first-order chi connectivity index (χ1) is 15.7. The Hall–Kier alpha value is -3.90. The third-order valence-corrected chi connectivity index (χ3v) is 5.48. The summed E-state index contributed by atoms with van der Waals surface area (Å²) in [6.45, 7) is 0.421. The van der Waals surface area contributed by atoms with Crippen LogP contribution in [0.5, 0.6) is 0 Å². The Morgan fingerprint density at radius 2 is 1.62 bits per heavy atom. The lowest BCUT2D eigenvalue weighted by Crippen LogP contribution is -2.32. The van der Waals surface area contributed by atoms with E-state index in [0.29, 0.717) is 23.0 Å². The molecule has 0 spiro atoms. The van der Waals surface area contributed by atoms with E-state index in [1.54, 1.807) is 12.1 Å². The number of oxazole rings is 1. The van der Waals surface area contributed by atoms with Crippen molar-refractivity contribution in [1.29, 1.82) is 0 Å². The molecule has 4 aromatic rings. The number of nitrogens with one attached hydrogen (secondary N) is 1. The molecule has 1 atom stereocenters. The van der Waals surface area contributed by atoms with E-state index < -0.39 is 5.92 Å². The summed E-state index contributed by atoms with van der Waals surface area (Å²) in [4.78, 5) is 17.6. The lowest BCUT2D eigenvalue weighted by Gasteiger charge is -2.15. The number of hydrazone groups is 1. The van der Waals surface area contributed by atoms with Crippen LogP contribution in [-0.2, 0) is 4.79 Å². The molecule has 1 N–H and O–H groups in total. The molecule has 0 unspecified atom stereocenters. The Bertz CT molecular complexity index is 1250. The van der Waals surface area contributed by atoms with Crippen LogP contribution in [0.15, 0.2) is 101 Å². The number of anilines is 2. The summed E-state index contributed by atoms with van der Waals surface area (Å²) >= 11 is 5.95. The minimum Gasteiger partial charge on any atom is -0.431 e. The average molecular weight is 443 g/mol. The molecular weight excluding hydrogens is 424 g/mol. The first-order valence-corrected chi connectivity index (χ1v) is 10.5. The monoisotopic (exact) mass is 442 g/mol. The van der Waals surface area contributed by atoms with E-state index in [1.165, 1.54) is 6.26 Å². The van der Waals surface area contributed by atoms with Crippen molar-refractivity contribution in [3.8, 4) is 11.3 Å². The molecule has 0 radical (unpaired) electrons. The van der Waals surface area contributed by atoms with Gasteiger partial charge in [0.2, 0.25) is 5.91 Å². The molecular formula is C25H19ClN4O2. The third-order valence-electron chi connectivity index (χ3n) is 5.23. The summed E-state index contributed by atoms with van der Waals surface area (Å²) in [5.41, 5.74) is 4.00. The van der Waals surface area contributed by atoms with E-state index in [2.05, 4.69) is 10.3 Å². The van der Waals surface area contributed by atoms with Gasteiger partial charge < -0.3 is 4.42 Å². The Labute approximate surface area is 190 Å². The van der Waals surface area contributed by atoms with Crippen molar-refractivity contribution < 1.29 is 9.21 Å². The molecule has 7 heteroatoms. The van der Waals surface area contributed by atoms with Gasteiger partial charge in [0, 0.05) is 10.6 Å². The molecule has 1 aromatic heterocycles. The van der Waals surface area contributed by atoms with E-state index in [0.717, 1.165) is 16.8 Å². The van der Waals surface area contributed by atoms with Crippen LogP contribution in [0.4, 0.5) is 11.7 Å². The highest BCUT2D eigenvalue weighted by Gasteiger charge is 2.34. The number of hydrogen-bond donors (Lipinski definition) is 1. The van der Waals surface area contributed by atoms with E-state index in [9.17, 15) is 4.79 Å². The van der Waals surface area contributed by atoms with Gasteiger partial charge in [-0.05, 0) is 29.8 Å². The smallest absolute Gasteiger partial charge is 0.301 e. The molecule has 0 aliphatic carbocycles. The maximum atomic E-state index is 13.2. The second-order valence-electron chi connectivity index (χ2n) is 7.36. The predicted molar refractivity (Wildman–Crippen MR) is 126 cm³/mol. The van der Waals surface area contributed by atoms with Crippen molar-refractivity contribution in [2.45, 2.75) is 0 Å². The van der Waals surface area contributed by atoms with Crippen molar-refractivity contribution in [3.63, 3.8) is 0 Å². The van der Waals surface area contributed by atoms with Gasteiger partial charge in [0.1, 0.15) is 17.9 Å². The fraction of sp³-hybridized carbons (Fsp3) is 0.0800. The number of para-hydroxylation sites is 1. The Balaban J connectivity index is 1.38. The molecule has 1 aliphatic heterocycles. The number of carbonyl (C=O) groups excluding carboxylic acids is 1. The van der Waals surface area contributed by atoms with Crippen LogP contribution in [0.2, 0.25) is 5.02 Å². The zero-order valence-electron chi connectivity index (χ0n) is 17.0. The first kappa shape index (κ1) is 20.0. The number of nitrogens with zero attached hydrogens (tertiary/aromatic N) is 3. The van der Waals surface area contributed by atoms with E-state index in [4.69, 9.17) is 21.1 Å². The lowest BCUT2D eigenvalue weighted by molar-refractivity contribution is -0.117. The predicted octanol–water partition coefficient (Wildman–Crippen LogP) is 5.47. The lowest BCUT2D eigenvalue weighted by atomic mass is 9.96. The fourth-order valence-corrected chi connectivity index (χ4v) is 3.74. The molecule has 6 nitrogen and oxygen atoms in total. The van der Waals surface area contributed by atoms with Crippen LogP contribution < -0.4 is 10.3 Å². The molecule has 1 aliphatic rings. The number of benzene rings is 3. The van der Waals surface area contributed by atoms with Gasteiger partial charge in [-0.25, -0.2) is 0 Å². The van der Waals surface area contributed by atoms with Gasteiger partial charge in [0.05, 0.1) is 17.9 Å². The molecule has 3 aromatic carbocycles.